The summed E-state index contributed by atoms with van der Waals surface area (Å²) in [6, 6.07) is 28.3. The Morgan fingerprint density at radius 2 is 1.35 bits per heavy atom. The smallest absolute Gasteiger partial charge is 0.339 e. The van der Waals surface area contributed by atoms with Crippen LogP contribution in [-0.4, -0.2) is 36.5 Å². The summed E-state index contributed by atoms with van der Waals surface area (Å²) in [5.74, 6) is -6.06. The molecule has 8 heteroatoms. The normalized spacial score (nSPS) is 14.4. The van der Waals surface area contributed by atoms with E-state index in [0.717, 1.165) is 5.56 Å². The average Bonchev–Trinajstić information content (AvgIpc) is 3.33. The molecule has 0 unspecified atom stereocenters. The fraction of sp³-hybridized carbons (Fsp3) is 0.0938. The molecule has 8 nitrogen and oxygen atoms in total. The average molecular weight is 534 g/mol. The molecule has 0 saturated carbocycles. The number of carbonyl (C=O) groups is 5. The highest BCUT2D eigenvalue weighted by atomic mass is 16.6. The zero-order chi connectivity index (χ0) is 28.2. The van der Waals surface area contributed by atoms with Crippen LogP contribution in [0.25, 0.3) is 11.1 Å². The van der Waals surface area contributed by atoms with E-state index < -0.39 is 41.4 Å². The highest BCUT2D eigenvalue weighted by Gasteiger charge is 2.46. The number of methoxy groups -OCH3 is 1. The maximum absolute atomic E-state index is 14.2. The fourth-order valence-corrected chi connectivity index (χ4v) is 4.76. The van der Waals surface area contributed by atoms with Crippen LogP contribution in [0.2, 0.25) is 0 Å². The van der Waals surface area contributed by atoms with Crippen molar-refractivity contribution in [1.82, 2.24) is 0 Å². The van der Waals surface area contributed by atoms with Gasteiger partial charge in [0.25, 0.3) is 5.91 Å². The Bertz CT molecular complexity index is 1640. The van der Waals surface area contributed by atoms with Crippen LogP contribution < -0.4 is 5.32 Å². The minimum atomic E-state index is -1.69. The summed E-state index contributed by atoms with van der Waals surface area (Å²) in [6.45, 7) is 0. The van der Waals surface area contributed by atoms with E-state index >= 15 is 0 Å². The number of carbonyl (C=O) groups excluding carboxylic acids is 5. The van der Waals surface area contributed by atoms with E-state index in [1.807, 2.05) is 30.3 Å². The van der Waals surface area contributed by atoms with Crippen molar-refractivity contribution >= 4 is 35.1 Å². The lowest BCUT2D eigenvalue weighted by atomic mass is 9.82. The van der Waals surface area contributed by atoms with Gasteiger partial charge >= 0.3 is 11.9 Å². The van der Waals surface area contributed by atoms with E-state index in [2.05, 4.69) is 5.32 Å². The van der Waals surface area contributed by atoms with Crippen LogP contribution in [0.15, 0.2) is 103 Å². The zero-order valence-corrected chi connectivity index (χ0v) is 21.3. The molecule has 0 aromatic heterocycles. The fourth-order valence-electron chi connectivity index (χ4n) is 4.76. The number of fused-ring (bicyclic) bond motifs is 1. The van der Waals surface area contributed by atoms with Crippen LogP contribution in [0, 0.1) is 5.92 Å². The summed E-state index contributed by atoms with van der Waals surface area (Å²) < 4.78 is 10.3. The molecule has 40 heavy (non-hydrogen) atoms. The van der Waals surface area contributed by atoms with Gasteiger partial charge in [0.1, 0.15) is 12.0 Å². The largest absolute Gasteiger partial charge is 0.465 e. The van der Waals surface area contributed by atoms with E-state index in [4.69, 9.17) is 9.47 Å². The van der Waals surface area contributed by atoms with Gasteiger partial charge in [0.2, 0.25) is 5.78 Å². The molecule has 1 heterocycles. The van der Waals surface area contributed by atoms with E-state index in [-0.39, 0.29) is 22.4 Å². The number of hydrogen-bond donors (Lipinski definition) is 1. The summed E-state index contributed by atoms with van der Waals surface area (Å²) in [7, 11) is 1.19. The van der Waals surface area contributed by atoms with E-state index in [1.165, 1.54) is 25.3 Å². The third-order valence-corrected chi connectivity index (χ3v) is 6.67. The molecule has 4 aromatic rings. The van der Waals surface area contributed by atoms with Crippen molar-refractivity contribution in [2.24, 2.45) is 5.92 Å². The first kappa shape index (κ1) is 26.2. The molecule has 0 spiro atoms. The predicted octanol–water partition coefficient (Wildman–Crippen LogP) is 5.06. The van der Waals surface area contributed by atoms with Gasteiger partial charge in [-0.25, -0.2) is 9.59 Å². The van der Waals surface area contributed by atoms with Gasteiger partial charge in [-0.2, -0.15) is 0 Å². The van der Waals surface area contributed by atoms with Gasteiger partial charge in [-0.05, 0) is 29.3 Å². The third kappa shape index (κ3) is 4.90. The number of Topliss-reactive ketones (excluding diaryl/α,β-unsaturated/α-hetero) is 2. The summed E-state index contributed by atoms with van der Waals surface area (Å²) in [4.78, 5) is 66.2. The Labute approximate surface area is 229 Å². The molecule has 2 atom stereocenters. The van der Waals surface area contributed by atoms with E-state index in [1.54, 1.807) is 54.6 Å². The first-order chi connectivity index (χ1) is 19.4. The predicted molar refractivity (Wildman–Crippen MR) is 146 cm³/mol. The first-order valence-electron chi connectivity index (χ1n) is 12.4. The molecular weight excluding hydrogens is 510 g/mol. The topological polar surface area (TPSA) is 116 Å². The van der Waals surface area contributed by atoms with Crippen molar-refractivity contribution in [3.05, 3.63) is 125 Å². The SMILES string of the molecule is COC(=O)c1ccccc1NC(=O)C(=O)[C@H](C(=O)c1ccccc1-c1ccccc1)[C@@H]1OC(=O)c2ccccc21. The number of anilines is 1. The second-order valence-electron chi connectivity index (χ2n) is 9.02. The molecule has 0 aliphatic carbocycles. The van der Waals surface area contributed by atoms with Crippen LogP contribution in [0.3, 0.4) is 0 Å². The zero-order valence-electron chi connectivity index (χ0n) is 21.3. The van der Waals surface area contributed by atoms with Crippen molar-refractivity contribution in [2.45, 2.75) is 6.10 Å². The van der Waals surface area contributed by atoms with Gasteiger partial charge in [-0.15, -0.1) is 0 Å². The number of nitrogens with one attached hydrogen (secondary N) is 1. The van der Waals surface area contributed by atoms with E-state index in [0.29, 0.717) is 11.1 Å². The van der Waals surface area contributed by atoms with Gasteiger partial charge in [0, 0.05) is 11.1 Å². The molecule has 1 N–H and O–H groups in total. The number of hydrogen-bond acceptors (Lipinski definition) is 7. The quantitative estimate of drug-likeness (QED) is 0.146. The molecule has 0 bridgehead atoms. The maximum Gasteiger partial charge on any atom is 0.339 e. The van der Waals surface area contributed by atoms with Crippen LogP contribution in [0.4, 0.5) is 5.69 Å². The minimum Gasteiger partial charge on any atom is -0.465 e. The summed E-state index contributed by atoms with van der Waals surface area (Å²) in [6.07, 6.45) is -1.32. The van der Waals surface area contributed by atoms with Gasteiger partial charge < -0.3 is 14.8 Å². The van der Waals surface area contributed by atoms with Gasteiger partial charge in [-0.3, -0.25) is 14.4 Å². The molecule has 0 fully saturated rings. The molecule has 1 aliphatic rings. The Morgan fingerprint density at radius 1 is 0.750 bits per heavy atom. The minimum absolute atomic E-state index is 0.0288. The lowest BCUT2D eigenvalue weighted by molar-refractivity contribution is -0.138. The monoisotopic (exact) mass is 533 g/mol. The molecule has 0 radical (unpaired) electrons. The third-order valence-electron chi connectivity index (χ3n) is 6.67. The summed E-state index contributed by atoms with van der Waals surface area (Å²) in [5, 5.41) is 2.44. The Balaban J connectivity index is 1.57. The van der Waals surface area contributed by atoms with Crippen molar-refractivity contribution in [2.75, 3.05) is 12.4 Å². The van der Waals surface area contributed by atoms with Crippen molar-refractivity contribution in [3.63, 3.8) is 0 Å². The van der Waals surface area contributed by atoms with Crippen LogP contribution in [0.5, 0.6) is 0 Å². The second-order valence-corrected chi connectivity index (χ2v) is 9.02. The van der Waals surface area contributed by atoms with Crippen molar-refractivity contribution in [1.29, 1.82) is 0 Å². The van der Waals surface area contributed by atoms with Gasteiger partial charge in [0.05, 0.1) is 23.9 Å². The number of benzene rings is 4. The molecular formula is C32H23NO7. The number of ether oxygens (including phenoxy) is 2. The standard InChI is InChI=1S/C32H23NO7/c1-39-31(37)24-17-9-10-18-25(24)33-30(36)28(35)26(29-22-15-7-8-16-23(22)32(38)40-29)27(34)21-14-6-5-13-20(21)19-11-3-2-4-12-19/h2-18,26,29H,1H3,(H,33,36)/t26-,29+/m0/s1. The van der Waals surface area contributed by atoms with Crippen LogP contribution in [-0.2, 0) is 19.1 Å². The lowest BCUT2D eigenvalue weighted by Gasteiger charge is -2.22. The first-order valence-corrected chi connectivity index (χ1v) is 12.4. The maximum atomic E-state index is 14.2. The summed E-state index contributed by atoms with van der Waals surface area (Å²) >= 11 is 0. The highest BCUT2D eigenvalue weighted by molar-refractivity contribution is 6.45. The molecule has 5 rings (SSSR count). The van der Waals surface area contributed by atoms with Crippen molar-refractivity contribution < 1.29 is 33.4 Å². The molecule has 1 aliphatic heterocycles. The van der Waals surface area contributed by atoms with Crippen LogP contribution >= 0.6 is 0 Å². The number of esters is 2. The Kier molecular flexibility index (Phi) is 7.33. The second kappa shape index (κ2) is 11.2. The van der Waals surface area contributed by atoms with Crippen molar-refractivity contribution in [3.8, 4) is 11.1 Å². The number of rotatable bonds is 8. The number of ketones is 2. The molecule has 198 valence electrons. The lowest BCUT2D eigenvalue weighted by Crippen LogP contribution is -2.38. The van der Waals surface area contributed by atoms with E-state index in [9.17, 15) is 24.0 Å². The number of cyclic esters (lactones) is 1. The van der Waals surface area contributed by atoms with Crippen LogP contribution in [0.1, 0.15) is 42.7 Å². The van der Waals surface area contributed by atoms with Gasteiger partial charge in [0.15, 0.2) is 5.78 Å². The molecule has 0 saturated heterocycles. The Hall–Kier alpha value is -5.37. The molecule has 1 amide bonds. The summed E-state index contributed by atoms with van der Waals surface area (Å²) in [5.41, 5.74) is 2.09. The molecule has 4 aromatic carbocycles. The highest BCUT2D eigenvalue weighted by Crippen LogP contribution is 2.39. The Morgan fingerprint density at radius 3 is 2.08 bits per heavy atom. The van der Waals surface area contributed by atoms with Gasteiger partial charge in [-0.1, -0.05) is 84.9 Å². The number of amides is 1. The number of para-hydroxylation sites is 1.